The number of rotatable bonds is 7. The van der Waals surface area contributed by atoms with Gasteiger partial charge in [-0.25, -0.2) is 23.2 Å². The molecule has 1 fully saturated rings. The first kappa shape index (κ1) is 30.1. The maximum atomic E-state index is 13.5. The third kappa shape index (κ3) is 7.45. The Kier molecular flexibility index (Phi) is 8.47. The highest BCUT2D eigenvalue weighted by Crippen LogP contribution is 2.37. The molecule has 0 aliphatic carbocycles. The van der Waals surface area contributed by atoms with E-state index in [-0.39, 0.29) is 36.5 Å². The molecule has 0 N–H and O–H groups in total. The average molecular weight is 604 g/mol. The molecule has 220 valence electrons. The van der Waals surface area contributed by atoms with Crippen LogP contribution in [-0.2, 0) is 20.8 Å². The Balaban J connectivity index is 1.41. The van der Waals surface area contributed by atoms with Crippen LogP contribution in [0.1, 0.15) is 18.5 Å². The number of anilines is 1. The molecule has 41 heavy (non-hydrogen) atoms. The van der Waals surface area contributed by atoms with Crippen molar-refractivity contribution in [3.8, 4) is 22.6 Å². The molecule has 4 rings (SSSR count). The van der Waals surface area contributed by atoms with Crippen molar-refractivity contribution in [2.45, 2.75) is 30.1 Å². The van der Waals surface area contributed by atoms with Crippen molar-refractivity contribution in [3.05, 3.63) is 60.4 Å². The van der Waals surface area contributed by atoms with Gasteiger partial charge in [-0.1, -0.05) is 30.3 Å². The summed E-state index contributed by atoms with van der Waals surface area (Å²) in [6.45, 7) is 0.645. The fourth-order valence-corrected chi connectivity index (χ4v) is 5.13. The summed E-state index contributed by atoms with van der Waals surface area (Å²) < 4.78 is 112. The van der Waals surface area contributed by atoms with Crippen molar-refractivity contribution >= 4 is 21.8 Å². The lowest BCUT2D eigenvalue weighted by atomic mass is 9.98. The number of esters is 1. The van der Waals surface area contributed by atoms with Gasteiger partial charge in [-0.3, -0.25) is 0 Å². The molecule has 1 aromatic heterocycles. The van der Waals surface area contributed by atoms with Crippen molar-refractivity contribution in [1.82, 2.24) is 9.97 Å². The minimum absolute atomic E-state index is 0.0316. The van der Waals surface area contributed by atoms with Crippen molar-refractivity contribution in [3.63, 3.8) is 0 Å². The number of aromatic nitrogens is 2. The van der Waals surface area contributed by atoms with Gasteiger partial charge < -0.3 is 14.4 Å². The van der Waals surface area contributed by atoms with Gasteiger partial charge in [-0.15, -0.1) is 0 Å². The molecule has 0 bridgehead atoms. The average Bonchev–Trinajstić information content (AvgIpc) is 2.91. The minimum Gasteiger partial charge on any atom is -0.493 e. The van der Waals surface area contributed by atoms with E-state index < -0.39 is 39.6 Å². The highest BCUT2D eigenvalue weighted by Gasteiger charge is 2.44. The van der Waals surface area contributed by atoms with Crippen LogP contribution in [0.15, 0.2) is 59.6 Å². The topological polar surface area (TPSA) is 98.7 Å². The summed E-state index contributed by atoms with van der Waals surface area (Å²) in [5.41, 5.74) is -0.536. The zero-order chi connectivity index (χ0) is 30.0. The summed E-state index contributed by atoms with van der Waals surface area (Å²) in [5.74, 6) is -4.33. The smallest absolute Gasteiger partial charge is 0.491 e. The molecule has 3 aromatic rings. The Hall–Kier alpha value is -3.88. The number of benzene rings is 2. The molecule has 15 heteroatoms. The molecule has 1 saturated heterocycles. The summed E-state index contributed by atoms with van der Waals surface area (Å²) in [6, 6.07) is 13.8. The zero-order valence-corrected chi connectivity index (χ0v) is 22.2. The third-order valence-electron chi connectivity index (χ3n) is 6.27. The van der Waals surface area contributed by atoms with Crippen molar-refractivity contribution in [1.29, 1.82) is 0 Å². The Morgan fingerprint density at radius 3 is 2.27 bits per heavy atom. The van der Waals surface area contributed by atoms with E-state index in [9.17, 15) is 39.6 Å². The number of alkyl halides is 6. The van der Waals surface area contributed by atoms with Crippen LogP contribution in [0, 0.1) is 5.92 Å². The summed E-state index contributed by atoms with van der Waals surface area (Å²) in [5, 5.41) is 0. The van der Waals surface area contributed by atoms with Gasteiger partial charge in [0, 0.05) is 24.9 Å². The molecule has 8 nitrogen and oxygen atoms in total. The second-order valence-electron chi connectivity index (χ2n) is 9.31. The number of ether oxygens (including phenoxy) is 2. The first-order chi connectivity index (χ1) is 19.1. The van der Waals surface area contributed by atoms with Crippen LogP contribution in [0.4, 0.5) is 32.3 Å². The van der Waals surface area contributed by atoms with Crippen molar-refractivity contribution in [2.24, 2.45) is 5.92 Å². The van der Waals surface area contributed by atoms with Crippen LogP contribution in [0.2, 0.25) is 0 Å². The third-order valence-corrected chi connectivity index (χ3v) is 7.40. The number of carbonyl (C=O) groups is 1. The van der Waals surface area contributed by atoms with Gasteiger partial charge in [0.2, 0.25) is 5.95 Å². The van der Waals surface area contributed by atoms with E-state index >= 15 is 0 Å². The second kappa shape index (κ2) is 11.5. The number of carbonyl (C=O) groups excluding carboxylic acids is 1. The molecule has 1 aliphatic rings. The number of hydrogen-bond acceptors (Lipinski definition) is 8. The maximum absolute atomic E-state index is 13.5. The molecule has 0 unspecified atom stereocenters. The summed E-state index contributed by atoms with van der Waals surface area (Å²) in [7, 11) is -3.58. The largest absolute Gasteiger partial charge is 0.493 e. The summed E-state index contributed by atoms with van der Waals surface area (Å²) in [4.78, 5) is 19.6. The van der Waals surface area contributed by atoms with Crippen LogP contribution >= 0.6 is 0 Å². The van der Waals surface area contributed by atoms with Crippen molar-refractivity contribution in [2.75, 3.05) is 30.9 Å². The quantitative estimate of drug-likeness (QED) is 0.264. The number of hydrogen-bond donors (Lipinski definition) is 0. The predicted octanol–water partition coefficient (Wildman–Crippen LogP) is 5.33. The van der Waals surface area contributed by atoms with Gasteiger partial charge in [-0.2, -0.15) is 26.3 Å². The first-order valence-corrected chi connectivity index (χ1v) is 14.0. The van der Waals surface area contributed by atoms with Gasteiger partial charge >= 0.3 is 18.3 Å². The number of halogens is 6. The van der Waals surface area contributed by atoms with E-state index in [2.05, 4.69) is 14.7 Å². The van der Waals surface area contributed by atoms with Gasteiger partial charge in [0.05, 0.1) is 17.7 Å². The Morgan fingerprint density at radius 1 is 1.02 bits per heavy atom. The Labute approximate surface area is 230 Å². The Morgan fingerprint density at radius 2 is 1.68 bits per heavy atom. The summed E-state index contributed by atoms with van der Waals surface area (Å²) in [6.07, 6.45) is -8.29. The Bertz CT molecular complexity index is 1510. The van der Waals surface area contributed by atoms with Crippen LogP contribution in [0.5, 0.6) is 11.5 Å². The maximum Gasteiger partial charge on any atom is 0.491 e. The molecule has 2 aromatic carbocycles. The highest BCUT2D eigenvalue weighted by atomic mass is 32.2. The minimum atomic E-state index is -5.50. The molecule has 0 saturated carbocycles. The van der Waals surface area contributed by atoms with Gasteiger partial charge in [0.15, 0.2) is 21.3 Å². The van der Waals surface area contributed by atoms with E-state index in [1.54, 1.807) is 36.4 Å². The molecular formula is C26H23F6N3O5S. The normalized spacial score (nSPS) is 15.0. The van der Waals surface area contributed by atoms with Gasteiger partial charge in [0.1, 0.15) is 5.75 Å². The van der Waals surface area contributed by atoms with Crippen LogP contribution in [0.3, 0.4) is 0 Å². The molecule has 0 amide bonds. The molecule has 1 aliphatic heterocycles. The summed E-state index contributed by atoms with van der Waals surface area (Å²) >= 11 is 0. The number of nitrogens with zero attached hydrogens (tertiary/aromatic N) is 3. The van der Waals surface area contributed by atoms with Crippen LogP contribution in [0.25, 0.3) is 11.1 Å². The lowest BCUT2D eigenvalue weighted by Gasteiger charge is -2.32. The zero-order valence-electron chi connectivity index (χ0n) is 21.4. The lowest BCUT2D eigenvalue weighted by Crippen LogP contribution is -2.37. The fraction of sp³-hybridized carbons (Fsp3) is 0.346. The van der Waals surface area contributed by atoms with Gasteiger partial charge in [0.25, 0.3) is 0 Å². The van der Waals surface area contributed by atoms with E-state index in [1.165, 1.54) is 11.0 Å². The predicted molar refractivity (Wildman–Crippen MR) is 134 cm³/mol. The fourth-order valence-electron chi connectivity index (χ4n) is 4.22. The SMILES string of the molecule is CS(=O)(=O)c1cc(OCC2CCN(c3ncc(OC(=O)C(F)(F)F)c(C(F)(F)F)n3)CC2)ccc1-c1ccccc1. The molecular weight excluding hydrogens is 580 g/mol. The molecule has 2 heterocycles. The standard InChI is InChI=1S/C26H23F6N3O5S/c1-41(37,38)21-13-18(7-8-19(21)17-5-3-2-4-6-17)39-15-16-9-11-35(12-10-16)24-33-14-20(22(34-24)25(27,28)29)40-23(36)26(30,31)32/h2-8,13-14,16H,9-12,15H2,1H3. The van der Waals surface area contributed by atoms with Crippen LogP contribution < -0.4 is 14.4 Å². The van der Waals surface area contributed by atoms with E-state index in [0.717, 1.165) is 11.8 Å². The second-order valence-corrected chi connectivity index (χ2v) is 11.3. The number of sulfone groups is 1. The molecule has 0 radical (unpaired) electrons. The van der Waals surface area contributed by atoms with E-state index in [1.807, 2.05) is 6.07 Å². The van der Waals surface area contributed by atoms with E-state index in [0.29, 0.717) is 30.4 Å². The van der Waals surface area contributed by atoms with Gasteiger partial charge in [-0.05, 0) is 42.5 Å². The highest BCUT2D eigenvalue weighted by molar-refractivity contribution is 7.90. The lowest BCUT2D eigenvalue weighted by molar-refractivity contribution is -0.190. The van der Waals surface area contributed by atoms with Crippen molar-refractivity contribution < 1.29 is 49.0 Å². The van der Waals surface area contributed by atoms with E-state index in [4.69, 9.17) is 4.74 Å². The molecule has 0 spiro atoms. The van der Waals surface area contributed by atoms with Crippen LogP contribution in [-0.4, -0.2) is 56.5 Å². The number of piperidine rings is 1. The first-order valence-electron chi connectivity index (χ1n) is 12.1. The molecule has 0 atom stereocenters. The monoisotopic (exact) mass is 603 g/mol.